The van der Waals surface area contributed by atoms with Crippen molar-refractivity contribution in [2.45, 2.75) is 11.8 Å². The Kier molecular flexibility index (Phi) is 5.93. The summed E-state index contributed by atoms with van der Waals surface area (Å²) in [6.07, 6.45) is 2.65. The highest BCUT2D eigenvalue weighted by molar-refractivity contribution is 7.98. The lowest BCUT2D eigenvalue weighted by Crippen LogP contribution is -2.07. The van der Waals surface area contributed by atoms with Crippen LogP contribution >= 0.6 is 11.8 Å². The number of amides is 1. The first kappa shape index (κ1) is 18.7. The lowest BCUT2D eigenvalue weighted by molar-refractivity contribution is -0.105. The molecule has 1 aromatic heterocycles. The third kappa shape index (κ3) is 4.20. The van der Waals surface area contributed by atoms with Crippen LogP contribution in [0.1, 0.15) is 17.4 Å². The molecule has 0 radical (unpaired) electrons. The number of hydrogen-bond acceptors (Lipinski definition) is 5. The highest BCUT2D eigenvalue weighted by Crippen LogP contribution is 2.27. The van der Waals surface area contributed by atoms with Gasteiger partial charge in [0, 0.05) is 16.1 Å². The number of carbonyl (C=O) groups excluding carboxylic acids is 2. The minimum Gasteiger partial charge on any atom is -0.461 e. The third-order valence-corrected chi connectivity index (χ3v) is 4.66. The molecule has 0 bridgehead atoms. The molecule has 0 aliphatic rings. The molecule has 6 nitrogen and oxygen atoms in total. The molecule has 0 aliphatic carbocycles. The Balaban J connectivity index is 2.06. The number of benzene rings is 2. The van der Waals surface area contributed by atoms with Gasteiger partial charge in [-0.05, 0) is 55.6 Å². The van der Waals surface area contributed by atoms with E-state index in [1.54, 1.807) is 41.6 Å². The van der Waals surface area contributed by atoms with E-state index in [0.29, 0.717) is 12.1 Å². The summed E-state index contributed by atoms with van der Waals surface area (Å²) < 4.78 is 6.79. The molecule has 0 aliphatic heterocycles. The smallest absolute Gasteiger partial charge is 0.358 e. The minimum absolute atomic E-state index is 0.246. The molecule has 0 atom stereocenters. The van der Waals surface area contributed by atoms with Gasteiger partial charge in [-0.25, -0.2) is 9.48 Å². The molecule has 27 heavy (non-hydrogen) atoms. The van der Waals surface area contributed by atoms with Gasteiger partial charge in [0.05, 0.1) is 18.0 Å². The minimum atomic E-state index is -0.461. The first-order valence-electron chi connectivity index (χ1n) is 8.38. The third-order valence-electron chi connectivity index (χ3n) is 3.92. The Morgan fingerprint density at radius 2 is 1.89 bits per heavy atom. The van der Waals surface area contributed by atoms with Crippen molar-refractivity contribution in [3.8, 4) is 16.9 Å². The molecule has 1 heterocycles. The summed E-state index contributed by atoms with van der Waals surface area (Å²) in [5, 5.41) is 7.04. The van der Waals surface area contributed by atoms with Crippen molar-refractivity contribution in [1.82, 2.24) is 9.78 Å². The summed E-state index contributed by atoms with van der Waals surface area (Å²) in [5.74, 6) is -0.461. The molecule has 0 saturated carbocycles. The first-order valence-corrected chi connectivity index (χ1v) is 9.61. The Labute approximate surface area is 161 Å². The Morgan fingerprint density at radius 1 is 1.19 bits per heavy atom. The monoisotopic (exact) mass is 381 g/mol. The van der Waals surface area contributed by atoms with Gasteiger partial charge in [0.2, 0.25) is 6.41 Å². The zero-order valence-corrected chi connectivity index (χ0v) is 15.8. The number of esters is 1. The molecule has 1 amide bonds. The van der Waals surface area contributed by atoms with Crippen molar-refractivity contribution in [2.24, 2.45) is 0 Å². The predicted octanol–water partition coefficient (Wildman–Crippen LogP) is 4.01. The van der Waals surface area contributed by atoms with Crippen LogP contribution in [0.2, 0.25) is 0 Å². The molecule has 7 heteroatoms. The molecule has 2 aromatic carbocycles. The summed E-state index contributed by atoms with van der Waals surface area (Å²) in [4.78, 5) is 23.9. The van der Waals surface area contributed by atoms with E-state index in [2.05, 4.69) is 10.4 Å². The topological polar surface area (TPSA) is 73.2 Å². The number of aromatic nitrogens is 2. The number of anilines is 1. The van der Waals surface area contributed by atoms with E-state index in [1.165, 1.54) is 0 Å². The van der Waals surface area contributed by atoms with Gasteiger partial charge in [-0.3, -0.25) is 4.79 Å². The number of rotatable bonds is 7. The van der Waals surface area contributed by atoms with Crippen molar-refractivity contribution < 1.29 is 14.3 Å². The highest BCUT2D eigenvalue weighted by atomic mass is 32.2. The number of hydrogen-bond donors (Lipinski definition) is 1. The van der Waals surface area contributed by atoms with Gasteiger partial charge in [-0.2, -0.15) is 5.10 Å². The van der Waals surface area contributed by atoms with E-state index in [1.807, 2.05) is 42.7 Å². The van der Waals surface area contributed by atoms with Crippen LogP contribution in [0.5, 0.6) is 0 Å². The lowest BCUT2D eigenvalue weighted by Gasteiger charge is -2.09. The molecule has 0 spiro atoms. The standard InChI is InChI=1S/C20H19N3O3S/c1-3-26-20(25)18-12-19(14-4-10-17(27-2)11-5-14)23(22-18)16-8-6-15(7-9-16)21-13-24/h4-13H,3H2,1-2H3,(H,21,24). The second kappa shape index (κ2) is 8.55. The number of ether oxygens (including phenoxy) is 1. The van der Waals surface area contributed by atoms with Gasteiger partial charge >= 0.3 is 5.97 Å². The van der Waals surface area contributed by atoms with Gasteiger partial charge in [0.1, 0.15) is 0 Å². The Hall–Kier alpha value is -3.06. The van der Waals surface area contributed by atoms with Crippen LogP contribution in [-0.2, 0) is 9.53 Å². The fourth-order valence-corrected chi connectivity index (χ4v) is 3.03. The van der Waals surface area contributed by atoms with E-state index in [0.717, 1.165) is 21.8 Å². The molecule has 0 fully saturated rings. The normalized spacial score (nSPS) is 10.4. The van der Waals surface area contributed by atoms with Crippen LogP contribution in [0.4, 0.5) is 5.69 Å². The second-order valence-electron chi connectivity index (χ2n) is 5.58. The molecule has 0 saturated heterocycles. The SMILES string of the molecule is CCOC(=O)c1cc(-c2ccc(SC)cc2)n(-c2ccc(NC=O)cc2)n1. The van der Waals surface area contributed by atoms with Crippen LogP contribution < -0.4 is 5.32 Å². The van der Waals surface area contributed by atoms with Gasteiger partial charge in [0.15, 0.2) is 5.69 Å². The molecular weight excluding hydrogens is 362 g/mol. The quantitative estimate of drug-likeness (QED) is 0.380. The van der Waals surface area contributed by atoms with Crippen molar-refractivity contribution in [3.63, 3.8) is 0 Å². The van der Waals surface area contributed by atoms with E-state index in [9.17, 15) is 9.59 Å². The maximum absolute atomic E-state index is 12.2. The zero-order valence-electron chi connectivity index (χ0n) is 15.0. The van der Waals surface area contributed by atoms with Crippen LogP contribution in [0.25, 0.3) is 16.9 Å². The summed E-state index contributed by atoms with van der Waals surface area (Å²) in [7, 11) is 0. The first-order chi connectivity index (χ1) is 13.2. The van der Waals surface area contributed by atoms with Gasteiger partial charge in [-0.1, -0.05) is 12.1 Å². The van der Waals surface area contributed by atoms with Crippen LogP contribution in [0, 0.1) is 0 Å². The number of carbonyl (C=O) groups is 2. The molecule has 138 valence electrons. The Bertz CT molecular complexity index is 934. The largest absolute Gasteiger partial charge is 0.461 e. The maximum Gasteiger partial charge on any atom is 0.358 e. The average Bonchev–Trinajstić information content (AvgIpc) is 3.15. The van der Waals surface area contributed by atoms with E-state index in [4.69, 9.17) is 4.74 Å². The fourth-order valence-electron chi connectivity index (χ4n) is 2.62. The summed E-state index contributed by atoms with van der Waals surface area (Å²) in [6.45, 7) is 2.05. The second-order valence-corrected chi connectivity index (χ2v) is 6.46. The van der Waals surface area contributed by atoms with Crippen LogP contribution in [0.3, 0.4) is 0 Å². The maximum atomic E-state index is 12.2. The molecule has 1 N–H and O–H groups in total. The summed E-state index contributed by atoms with van der Waals surface area (Å²) in [6, 6.07) is 17.0. The van der Waals surface area contributed by atoms with Gasteiger partial charge < -0.3 is 10.1 Å². The summed E-state index contributed by atoms with van der Waals surface area (Å²) in [5.41, 5.74) is 3.41. The van der Waals surface area contributed by atoms with Crippen LogP contribution in [0.15, 0.2) is 59.5 Å². The molecule has 3 rings (SSSR count). The fraction of sp³-hybridized carbons (Fsp3) is 0.150. The van der Waals surface area contributed by atoms with Gasteiger partial charge in [0.25, 0.3) is 0 Å². The molecule has 3 aromatic rings. The number of nitrogens with one attached hydrogen (secondary N) is 1. The van der Waals surface area contributed by atoms with Crippen molar-refractivity contribution in [1.29, 1.82) is 0 Å². The van der Waals surface area contributed by atoms with Gasteiger partial charge in [-0.15, -0.1) is 11.8 Å². The highest BCUT2D eigenvalue weighted by Gasteiger charge is 2.17. The lowest BCUT2D eigenvalue weighted by atomic mass is 10.1. The Morgan fingerprint density at radius 3 is 2.48 bits per heavy atom. The summed E-state index contributed by atoms with van der Waals surface area (Å²) >= 11 is 1.66. The van der Waals surface area contributed by atoms with E-state index >= 15 is 0 Å². The molecule has 0 unspecified atom stereocenters. The molecular formula is C20H19N3O3S. The number of thioether (sulfide) groups is 1. The van der Waals surface area contributed by atoms with Crippen LogP contribution in [-0.4, -0.2) is 35.0 Å². The van der Waals surface area contributed by atoms with E-state index in [-0.39, 0.29) is 12.3 Å². The number of nitrogens with zero attached hydrogens (tertiary/aromatic N) is 2. The van der Waals surface area contributed by atoms with Crippen molar-refractivity contribution in [2.75, 3.05) is 18.2 Å². The van der Waals surface area contributed by atoms with Crippen molar-refractivity contribution in [3.05, 3.63) is 60.3 Å². The average molecular weight is 381 g/mol. The predicted molar refractivity (Wildman–Crippen MR) is 106 cm³/mol. The zero-order chi connectivity index (χ0) is 19.2. The van der Waals surface area contributed by atoms with Crippen molar-refractivity contribution >= 4 is 29.8 Å². The van der Waals surface area contributed by atoms with E-state index < -0.39 is 5.97 Å².